The molecule has 2 aromatic rings. The maximum absolute atomic E-state index is 8.49. The molecule has 0 aliphatic rings. The minimum Gasteiger partial charge on any atom is -0.488 e. The third-order valence-electron chi connectivity index (χ3n) is 3.45. The Hall–Kier alpha value is -1.83. The van der Waals surface area contributed by atoms with Crippen molar-refractivity contribution in [1.29, 1.82) is 5.26 Å². The zero-order valence-electron chi connectivity index (χ0n) is 13.1. The number of nitrogens with zero attached hydrogens (tertiary/aromatic N) is 1. The molecule has 0 fully saturated rings. The lowest BCUT2D eigenvalue weighted by Crippen LogP contribution is -2.14. The molecular weight excluding hydrogens is 352 g/mol. The summed E-state index contributed by atoms with van der Waals surface area (Å²) in [7, 11) is 0. The van der Waals surface area contributed by atoms with Crippen LogP contribution in [0.5, 0.6) is 5.75 Å². The molecular formula is C19H21BrN2O. The van der Waals surface area contributed by atoms with Gasteiger partial charge in [-0.15, -0.1) is 0 Å². The van der Waals surface area contributed by atoms with E-state index < -0.39 is 0 Å². The van der Waals surface area contributed by atoms with Crippen molar-refractivity contribution in [2.24, 2.45) is 0 Å². The fourth-order valence-corrected chi connectivity index (χ4v) is 2.73. The van der Waals surface area contributed by atoms with Gasteiger partial charge in [-0.3, -0.25) is 0 Å². The standard InChI is InChI=1S/C19H21BrN2O/c20-18-13-17(14-22-12-6-2-5-11-21)9-10-19(18)23-15-16-7-3-1-4-8-16/h1,3-4,7-10,13,22H,2,5-6,12,14-15H2. The van der Waals surface area contributed by atoms with Gasteiger partial charge in [0.05, 0.1) is 10.5 Å². The van der Waals surface area contributed by atoms with Gasteiger partial charge < -0.3 is 10.1 Å². The number of unbranched alkanes of at least 4 members (excludes halogenated alkanes) is 2. The van der Waals surface area contributed by atoms with Crippen molar-refractivity contribution in [1.82, 2.24) is 5.32 Å². The molecule has 4 heteroatoms. The monoisotopic (exact) mass is 372 g/mol. The number of ether oxygens (including phenoxy) is 1. The van der Waals surface area contributed by atoms with Gasteiger partial charge in [-0.25, -0.2) is 0 Å². The highest BCUT2D eigenvalue weighted by molar-refractivity contribution is 9.10. The normalized spacial score (nSPS) is 10.3. The highest BCUT2D eigenvalue weighted by atomic mass is 79.9. The summed E-state index contributed by atoms with van der Waals surface area (Å²) in [6.45, 7) is 2.33. The molecule has 0 radical (unpaired) electrons. The Kier molecular flexibility index (Phi) is 7.65. The number of nitriles is 1. The molecule has 120 valence electrons. The summed E-state index contributed by atoms with van der Waals surface area (Å²) in [6.07, 6.45) is 2.63. The molecule has 2 aromatic carbocycles. The molecule has 0 atom stereocenters. The average molecular weight is 373 g/mol. The van der Waals surface area contributed by atoms with E-state index in [4.69, 9.17) is 10.00 Å². The lowest BCUT2D eigenvalue weighted by Gasteiger charge is -2.10. The Morgan fingerprint density at radius 3 is 2.61 bits per heavy atom. The largest absolute Gasteiger partial charge is 0.488 e. The van der Waals surface area contributed by atoms with Gasteiger partial charge in [-0.05, 0) is 58.6 Å². The molecule has 0 saturated carbocycles. The van der Waals surface area contributed by atoms with Crippen molar-refractivity contribution in [3.05, 3.63) is 64.1 Å². The number of benzene rings is 2. The summed E-state index contributed by atoms with van der Waals surface area (Å²) >= 11 is 3.58. The smallest absolute Gasteiger partial charge is 0.134 e. The van der Waals surface area contributed by atoms with Gasteiger partial charge in [0, 0.05) is 13.0 Å². The Morgan fingerprint density at radius 1 is 1.04 bits per heavy atom. The lowest BCUT2D eigenvalue weighted by molar-refractivity contribution is 0.304. The van der Waals surface area contributed by atoms with E-state index in [1.807, 2.05) is 24.3 Å². The van der Waals surface area contributed by atoms with E-state index in [0.717, 1.165) is 41.7 Å². The summed E-state index contributed by atoms with van der Waals surface area (Å²) < 4.78 is 6.82. The Bertz CT molecular complexity index is 638. The second-order valence-electron chi connectivity index (χ2n) is 5.33. The number of rotatable bonds is 9. The molecule has 0 amide bonds. The van der Waals surface area contributed by atoms with Gasteiger partial charge in [-0.2, -0.15) is 5.26 Å². The van der Waals surface area contributed by atoms with Gasteiger partial charge in [0.15, 0.2) is 0 Å². The maximum atomic E-state index is 8.49. The molecule has 0 heterocycles. The zero-order valence-corrected chi connectivity index (χ0v) is 14.7. The van der Waals surface area contributed by atoms with Crippen LogP contribution in [0.2, 0.25) is 0 Å². The Morgan fingerprint density at radius 2 is 1.87 bits per heavy atom. The number of hydrogen-bond donors (Lipinski definition) is 1. The van der Waals surface area contributed by atoms with Gasteiger partial charge in [0.1, 0.15) is 12.4 Å². The molecule has 3 nitrogen and oxygen atoms in total. The van der Waals surface area contributed by atoms with E-state index in [2.05, 4.69) is 51.6 Å². The van der Waals surface area contributed by atoms with Crippen LogP contribution < -0.4 is 10.1 Å². The van der Waals surface area contributed by atoms with Crippen LogP contribution in [-0.2, 0) is 13.2 Å². The third kappa shape index (κ3) is 6.43. The van der Waals surface area contributed by atoms with E-state index in [1.54, 1.807) is 0 Å². The molecule has 0 unspecified atom stereocenters. The van der Waals surface area contributed by atoms with Crippen LogP contribution in [0.25, 0.3) is 0 Å². The second-order valence-corrected chi connectivity index (χ2v) is 6.19. The van der Waals surface area contributed by atoms with Crippen LogP contribution in [-0.4, -0.2) is 6.54 Å². The molecule has 23 heavy (non-hydrogen) atoms. The lowest BCUT2D eigenvalue weighted by atomic mass is 10.2. The van der Waals surface area contributed by atoms with Crippen molar-refractivity contribution < 1.29 is 4.74 Å². The Labute approximate surface area is 146 Å². The van der Waals surface area contributed by atoms with Gasteiger partial charge in [0.25, 0.3) is 0 Å². The first kappa shape index (κ1) is 17.5. The second kappa shape index (κ2) is 10.0. The molecule has 0 aliphatic heterocycles. The first-order valence-electron chi connectivity index (χ1n) is 7.82. The minimum absolute atomic E-state index is 0.565. The molecule has 0 aromatic heterocycles. The van der Waals surface area contributed by atoms with Crippen molar-refractivity contribution in [2.75, 3.05) is 6.54 Å². The van der Waals surface area contributed by atoms with Crippen LogP contribution in [0.15, 0.2) is 53.0 Å². The van der Waals surface area contributed by atoms with Crippen molar-refractivity contribution in [3.63, 3.8) is 0 Å². The van der Waals surface area contributed by atoms with Crippen molar-refractivity contribution in [2.45, 2.75) is 32.4 Å². The summed E-state index contributed by atoms with van der Waals surface area (Å²) in [6, 6.07) is 18.5. The zero-order chi connectivity index (χ0) is 16.3. The highest BCUT2D eigenvalue weighted by Gasteiger charge is 2.03. The average Bonchev–Trinajstić information content (AvgIpc) is 2.58. The molecule has 0 spiro atoms. The fraction of sp³-hybridized carbons (Fsp3) is 0.316. The van der Waals surface area contributed by atoms with Crippen LogP contribution in [0.1, 0.15) is 30.4 Å². The minimum atomic E-state index is 0.565. The molecule has 2 rings (SSSR count). The number of nitrogens with one attached hydrogen (secondary N) is 1. The van der Waals surface area contributed by atoms with Crippen LogP contribution in [0.4, 0.5) is 0 Å². The predicted octanol–water partition coefficient (Wildman–Crippen LogP) is 4.81. The predicted molar refractivity (Wildman–Crippen MR) is 96.1 cm³/mol. The maximum Gasteiger partial charge on any atom is 0.134 e. The molecule has 0 aliphatic carbocycles. The van der Waals surface area contributed by atoms with E-state index in [0.29, 0.717) is 13.0 Å². The van der Waals surface area contributed by atoms with Crippen molar-refractivity contribution >= 4 is 15.9 Å². The third-order valence-corrected chi connectivity index (χ3v) is 4.07. The van der Waals surface area contributed by atoms with E-state index in [9.17, 15) is 0 Å². The topological polar surface area (TPSA) is 45.0 Å². The van der Waals surface area contributed by atoms with Crippen LogP contribution >= 0.6 is 15.9 Å². The van der Waals surface area contributed by atoms with Gasteiger partial charge in [0.2, 0.25) is 0 Å². The first-order chi connectivity index (χ1) is 11.3. The molecule has 0 bridgehead atoms. The summed E-state index contributed by atoms with van der Waals surface area (Å²) in [5.74, 6) is 0.853. The quantitative estimate of drug-likeness (QED) is 0.642. The fourth-order valence-electron chi connectivity index (χ4n) is 2.19. The summed E-state index contributed by atoms with van der Waals surface area (Å²) in [5, 5.41) is 11.9. The highest BCUT2D eigenvalue weighted by Crippen LogP contribution is 2.26. The van der Waals surface area contributed by atoms with E-state index in [1.165, 1.54) is 5.56 Å². The SMILES string of the molecule is N#CCCCCNCc1ccc(OCc2ccccc2)c(Br)c1. The summed E-state index contributed by atoms with van der Waals surface area (Å²) in [5.41, 5.74) is 2.37. The van der Waals surface area contributed by atoms with Crippen molar-refractivity contribution in [3.8, 4) is 11.8 Å². The van der Waals surface area contributed by atoms with E-state index in [-0.39, 0.29) is 0 Å². The Balaban J connectivity index is 1.77. The van der Waals surface area contributed by atoms with Gasteiger partial charge in [-0.1, -0.05) is 36.4 Å². The first-order valence-corrected chi connectivity index (χ1v) is 8.61. The molecule has 0 saturated heterocycles. The summed E-state index contributed by atoms with van der Waals surface area (Å²) in [4.78, 5) is 0. The van der Waals surface area contributed by atoms with Crippen LogP contribution in [0.3, 0.4) is 0 Å². The van der Waals surface area contributed by atoms with Gasteiger partial charge >= 0.3 is 0 Å². The number of hydrogen-bond acceptors (Lipinski definition) is 3. The van der Waals surface area contributed by atoms with E-state index >= 15 is 0 Å². The van der Waals surface area contributed by atoms with Crippen LogP contribution in [0, 0.1) is 11.3 Å². The number of halogens is 1. The molecule has 1 N–H and O–H groups in total.